The number of carbonyl (C=O) groups excluding carboxylic acids is 1. The Morgan fingerprint density at radius 1 is 1.30 bits per heavy atom. The number of rotatable bonds is 5. The van der Waals surface area contributed by atoms with E-state index in [1.54, 1.807) is 9.58 Å². The third-order valence-electron chi connectivity index (χ3n) is 5.19. The predicted molar refractivity (Wildman–Crippen MR) is 127 cm³/mol. The van der Waals surface area contributed by atoms with Crippen molar-refractivity contribution in [1.29, 1.82) is 0 Å². The first-order valence-electron chi connectivity index (χ1n) is 10.5. The van der Waals surface area contributed by atoms with Gasteiger partial charge in [0, 0.05) is 25.7 Å². The molecule has 11 heteroatoms. The molecule has 0 aliphatic carbocycles. The molecule has 2 aromatic heterocycles. The molecule has 2 aliphatic rings. The molecule has 1 N–H and O–H groups in total. The molecule has 2 aliphatic heterocycles. The van der Waals surface area contributed by atoms with Crippen molar-refractivity contribution in [2.24, 2.45) is 0 Å². The van der Waals surface area contributed by atoms with E-state index in [4.69, 9.17) is 11.6 Å². The third kappa shape index (κ3) is 4.78. The summed E-state index contributed by atoms with van der Waals surface area (Å²) in [5, 5.41) is 22.5. The lowest BCUT2D eigenvalue weighted by atomic mass is 10.1. The van der Waals surface area contributed by atoms with Gasteiger partial charge >= 0.3 is 0 Å². The number of hydrogen-bond acceptors (Lipinski definition) is 7. The van der Waals surface area contributed by atoms with Gasteiger partial charge in [-0.2, -0.15) is 5.01 Å². The van der Waals surface area contributed by atoms with Gasteiger partial charge in [0.2, 0.25) is 5.43 Å². The number of pyridine rings is 1. The molecular weight excluding hydrogens is 469 g/mol. The molecule has 0 radical (unpaired) electrons. The highest BCUT2D eigenvalue weighted by molar-refractivity contribution is 7.14. The molecule has 0 spiro atoms. The first kappa shape index (κ1) is 24.8. The lowest BCUT2D eigenvalue weighted by Crippen LogP contribution is -2.55. The molecule has 8 nitrogen and oxygen atoms in total. The fourth-order valence-corrected chi connectivity index (χ4v) is 4.63. The molecule has 33 heavy (non-hydrogen) atoms. The Hall–Kier alpha value is -2.82. The van der Waals surface area contributed by atoms with Crippen LogP contribution in [0.5, 0.6) is 5.75 Å². The SMILES string of the molecule is C=C/C(Cc1nnc(-c2cn3c(c(O)c2=O)C(=O)N2CCCCN2C3)s1)=C(/F)C(=C)Cl.CC. The van der Waals surface area contributed by atoms with Crippen molar-refractivity contribution in [3.63, 3.8) is 0 Å². The summed E-state index contributed by atoms with van der Waals surface area (Å²) < 4.78 is 15.6. The second-order valence-electron chi connectivity index (χ2n) is 7.17. The second-order valence-corrected chi connectivity index (χ2v) is 8.69. The van der Waals surface area contributed by atoms with Crippen LogP contribution in [0, 0.1) is 0 Å². The topological polar surface area (TPSA) is 91.6 Å². The number of hydrazine groups is 1. The van der Waals surface area contributed by atoms with Crippen LogP contribution in [0.25, 0.3) is 10.6 Å². The molecule has 1 fully saturated rings. The van der Waals surface area contributed by atoms with Crippen molar-refractivity contribution < 1.29 is 14.3 Å². The maximum absolute atomic E-state index is 14.1. The monoisotopic (exact) mass is 493 g/mol. The highest BCUT2D eigenvalue weighted by Crippen LogP contribution is 2.30. The quantitative estimate of drug-likeness (QED) is 0.627. The number of aromatic hydroxyl groups is 1. The number of amides is 1. The van der Waals surface area contributed by atoms with Gasteiger partial charge in [-0.15, -0.1) is 10.2 Å². The minimum atomic E-state index is -0.701. The van der Waals surface area contributed by atoms with Gasteiger partial charge in [0.15, 0.2) is 16.5 Å². The van der Waals surface area contributed by atoms with Gasteiger partial charge in [-0.25, -0.2) is 4.39 Å². The highest BCUT2D eigenvalue weighted by atomic mass is 35.5. The molecule has 2 aromatic rings. The van der Waals surface area contributed by atoms with E-state index in [9.17, 15) is 19.1 Å². The summed E-state index contributed by atoms with van der Waals surface area (Å²) in [6.07, 6.45) is 4.73. The molecule has 0 unspecified atom stereocenters. The zero-order chi connectivity index (χ0) is 24.3. The Balaban J connectivity index is 0.00000149. The van der Waals surface area contributed by atoms with Gasteiger partial charge in [-0.05, 0) is 18.4 Å². The van der Waals surface area contributed by atoms with E-state index >= 15 is 0 Å². The summed E-state index contributed by atoms with van der Waals surface area (Å²) >= 11 is 6.70. The number of allylic oxidation sites excluding steroid dienone is 4. The van der Waals surface area contributed by atoms with Crippen LogP contribution in [0.3, 0.4) is 0 Å². The van der Waals surface area contributed by atoms with Gasteiger partial charge < -0.3 is 9.67 Å². The average molecular weight is 494 g/mol. The number of nitrogens with zero attached hydrogens (tertiary/aromatic N) is 5. The molecule has 4 rings (SSSR count). The minimum absolute atomic E-state index is 0.0313. The maximum atomic E-state index is 14.1. The lowest BCUT2D eigenvalue weighted by Gasteiger charge is -2.43. The van der Waals surface area contributed by atoms with Crippen LogP contribution in [0.4, 0.5) is 4.39 Å². The average Bonchev–Trinajstić information content (AvgIpc) is 3.29. The van der Waals surface area contributed by atoms with Crippen LogP contribution >= 0.6 is 22.9 Å². The minimum Gasteiger partial charge on any atom is -0.503 e. The van der Waals surface area contributed by atoms with E-state index in [0.29, 0.717) is 24.8 Å². The van der Waals surface area contributed by atoms with Crippen LogP contribution < -0.4 is 5.43 Å². The van der Waals surface area contributed by atoms with Crippen LogP contribution in [0.2, 0.25) is 0 Å². The molecule has 0 saturated carbocycles. The van der Waals surface area contributed by atoms with Crippen molar-refractivity contribution in [3.05, 3.63) is 62.8 Å². The van der Waals surface area contributed by atoms with Crippen molar-refractivity contribution in [2.75, 3.05) is 13.1 Å². The summed E-state index contributed by atoms with van der Waals surface area (Å²) in [7, 11) is 0. The fraction of sp³-hybridized carbons (Fsp3) is 0.364. The van der Waals surface area contributed by atoms with Gasteiger partial charge in [-0.1, -0.05) is 56.0 Å². The Morgan fingerprint density at radius 2 is 2.00 bits per heavy atom. The zero-order valence-electron chi connectivity index (χ0n) is 18.5. The van der Waals surface area contributed by atoms with Crippen molar-refractivity contribution in [1.82, 2.24) is 24.8 Å². The summed E-state index contributed by atoms with van der Waals surface area (Å²) in [4.78, 5) is 25.6. The number of hydrogen-bond donors (Lipinski definition) is 1. The standard InChI is InChI=1S/C20H19ClFN5O3S.C2H6/c1-3-12(15(22)11(2)21)8-14-23-24-19(31-14)13-9-25-10-26-6-4-5-7-27(26)20(30)16(25)18(29)17(13)28;1-2/h3,9,29H,1-2,4-8,10H2;1-2H3/b15-12-;. The van der Waals surface area contributed by atoms with E-state index in [1.807, 2.05) is 18.9 Å². The lowest BCUT2D eigenvalue weighted by molar-refractivity contribution is -0.0621. The predicted octanol–water partition coefficient (Wildman–Crippen LogP) is 4.23. The van der Waals surface area contributed by atoms with Crippen LogP contribution in [-0.2, 0) is 13.1 Å². The molecule has 0 aromatic carbocycles. The van der Waals surface area contributed by atoms with E-state index < -0.39 is 22.9 Å². The summed E-state index contributed by atoms with van der Waals surface area (Å²) in [5.41, 5.74) is -0.415. The van der Waals surface area contributed by atoms with E-state index in [2.05, 4.69) is 23.4 Å². The normalized spacial score (nSPS) is 16.2. The van der Waals surface area contributed by atoms with Gasteiger partial charge in [0.1, 0.15) is 10.8 Å². The van der Waals surface area contributed by atoms with Crippen LogP contribution in [0.1, 0.15) is 42.2 Å². The molecule has 176 valence electrons. The van der Waals surface area contributed by atoms with Crippen molar-refractivity contribution in [3.8, 4) is 16.3 Å². The number of fused-ring (bicyclic) bond motifs is 2. The molecular formula is C22H25ClFN5O3S. The van der Waals surface area contributed by atoms with Crippen LogP contribution in [-0.4, -0.2) is 48.9 Å². The number of aromatic nitrogens is 3. The molecule has 0 atom stereocenters. The van der Waals surface area contributed by atoms with Gasteiger partial charge in [-0.3, -0.25) is 14.6 Å². The smallest absolute Gasteiger partial charge is 0.288 e. The van der Waals surface area contributed by atoms with E-state index in [-0.39, 0.29) is 33.3 Å². The van der Waals surface area contributed by atoms with Crippen molar-refractivity contribution in [2.45, 2.75) is 39.8 Å². The Morgan fingerprint density at radius 3 is 2.67 bits per heavy atom. The van der Waals surface area contributed by atoms with Gasteiger partial charge in [0.25, 0.3) is 5.91 Å². The largest absolute Gasteiger partial charge is 0.503 e. The molecule has 0 bridgehead atoms. The van der Waals surface area contributed by atoms with Crippen LogP contribution in [0.15, 0.2) is 46.7 Å². The number of halogens is 2. The Bertz CT molecular complexity index is 1190. The molecule has 1 saturated heterocycles. The fourth-order valence-electron chi connectivity index (χ4n) is 3.64. The molecule has 4 heterocycles. The summed E-state index contributed by atoms with van der Waals surface area (Å²) in [6.45, 7) is 12.5. The van der Waals surface area contributed by atoms with Crippen molar-refractivity contribution >= 4 is 28.8 Å². The van der Waals surface area contributed by atoms with Gasteiger partial charge in [0.05, 0.1) is 17.3 Å². The number of carbonyl (C=O) groups is 1. The third-order valence-corrected chi connectivity index (χ3v) is 6.31. The van der Waals surface area contributed by atoms with E-state index in [0.717, 1.165) is 24.2 Å². The zero-order valence-corrected chi connectivity index (χ0v) is 20.0. The second kappa shape index (κ2) is 10.4. The first-order valence-corrected chi connectivity index (χ1v) is 11.7. The Labute approximate surface area is 199 Å². The Kier molecular flexibility index (Phi) is 7.83. The maximum Gasteiger partial charge on any atom is 0.288 e. The summed E-state index contributed by atoms with van der Waals surface area (Å²) in [5.74, 6) is -1.70. The van der Waals surface area contributed by atoms with E-state index in [1.165, 1.54) is 12.3 Å². The summed E-state index contributed by atoms with van der Waals surface area (Å²) in [6, 6.07) is 0. The first-order chi connectivity index (χ1) is 15.8. The molecule has 1 amide bonds. The highest BCUT2D eigenvalue weighted by Gasteiger charge is 2.35.